The molecule has 7 heteroatoms. The number of rotatable bonds is 3. The Bertz CT molecular complexity index is 844. The lowest BCUT2D eigenvalue weighted by atomic mass is 10.2. The lowest BCUT2D eigenvalue weighted by Crippen LogP contribution is -2.25. The molecule has 4 heterocycles. The number of nitrogens with zero attached hydrogens (tertiary/aromatic N) is 6. The highest BCUT2D eigenvalue weighted by Crippen LogP contribution is 2.34. The molecule has 122 valence electrons. The molecule has 0 saturated carbocycles. The minimum atomic E-state index is 0.132. The van der Waals surface area contributed by atoms with Gasteiger partial charge in [-0.05, 0) is 32.8 Å². The predicted molar refractivity (Wildman–Crippen MR) is 90.4 cm³/mol. The Morgan fingerprint density at radius 2 is 2.00 bits per heavy atom. The second-order valence-electron chi connectivity index (χ2n) is 6.06. The van der Waals surface area contributed by atoms with E-state index < -0.39 is 0 Å². The van der Waals surface area contributed by atoms with Crippen LogP contribution in [0.25, 0.3) is 11.5 Å². The van der Waals surface area contributed by atoms with Gasteiger partial charge in [-0.2, -0.15) is 0 Å². The number of anilines is 1. The molecule has 0 bridgehead atoms. The van der Waals surface area contributed by atoms with Crippen LogP contribution in [0, 0.1) is 13.8 Å². The van der Waals surface area contributed by atoms with Crippen LogP contribution in [0.5, 0.6) is 0 Å². The van der Waals surface area contributed by atoms with Crippen molar-refractivity contribution in [2.45, 2.75) is 32.7 Å². The van der Waals surface area contributed by atoms with Crippen molar-refractivity contribution in [2.75, 3.05) is 11.4 Å². The standard InChI is InChI=1S/C17H19N7/c1-11-9-15(21-10-20-11)24-7-3-4-14(24)17-22-12(2)8-13(23-17)16-18-5-6-19-16/h5-6,8-10,14H,3-4,7H2,1-2H3,(H,18,19)/t14-/m0/s1. The molecule has 0 aromatic carbocycles. The maximum atomic E-state index is 4.77. The third-order valence-corrected chi connectivity index (χ3v) is 4.25. The highest BCUT2D eigenvalue weighted by atomic mass is 15.3. The largest absolute Gasteiger partial charge is 0.346 e. The van der Waals surface area contributed by atoms with E-state index in [1.54, 1.807) is 18.7 Å². The van der Waals surface area contributed by atoms with Crippen molar-refractivity contribution in [1.82, 2.24) is 29.9 Å². The van der Waals surface area contributed by atoms with Crippen LogP contribution < -0.4 is 4.90 Å². The third kappa shape index (κ3) is 2.73. The van der Waals surface area contributed by atoms with Gasteiger partial charge in [-0.3, -0.25) is 0 Å². The summed E-state index contributed by atoms with van der Waals surface area (Å²) in [4.78, 5) is 27.8. The van der Waals surface area contributed by atoms with Crippen molar-refractivity contribution in [2.24, 2.45) is 0 Å². The molecule has 3 aromatic heterocycles. The zero-order valence-corrected chi connectivity index (χ0v) is 13.8. The van der Waals surface area contributed by atoms with E-state index in [2.05, 4.69) is 29.8 Å². The van der Waals surface area contributed by atoms with Crippen LogP contribution in [0.15, 0.2) is 30.9 Å². The Morgan fingerprint density at radius 1 is 1.08 bits per heavy atom. The van der Waals surface area contributed by atoms with E-state index >= 15 is 0 Å². The Labute approximate surface area is 140 Å². The SMILES string of the molecule is Cc1cc(N2CCC[C@H]2c2nc(C)cc(-c3ncc[nH]3)n2)ncn1. The maximum absolute atomic E-state index is 4.77. The zero-order valence-electron chi connectivity index (χ0n) is 13.8. The van der Waals surface area contributed by atoms with E-state index in [4.69, 9.17) is 4.98 Å². The minimum absolute atomic E-state index is 0.132. The third-order valence-electron chi connectivity index (χ3n) is 4.25. The first-order valence-electron chi connectivity index (χ1n) is 8.11. The normalized spacial score (nSPS) is 17.4. The van der Waals surface area contributed by atoms with Crippen molar-refractivity contribution in [3.05, 3.63) is 48.1 Å². The molecule has 1 atom stereocenters. The van der Waals surface area contributed by atoms with Gasteiger partial charge in [0.05, 0.1) is 6.04 Å². The quantitative estimate of drug-likeness (QED) is 0.798. The number of hydrogen-bond donors (Lipinski definition) is 1. The van der Waals surface area contributed by atoms with E-state index in [1.165, 1.54) is 0 Å². The zero-order chi connectivity index (χ0) is 16.5. The molecule has 7 nitrogen and oxygen atoms in total. The fourth-order valence-corrected chi connectivity index (χ4v) is 3.17. The van der Waals surface area contributed by atoms with Gasteiger partial charge in [0.15, 0.2) is 11.6 Å². The molecule has 0 aliphatic carbocycles. The number of aromatic amines is 1. The summed E-state index contributed by atoms with van der Waals surface area (Å²) in [6, 6.07) is 4.10. The molecular formula is C17H19N7. The van der Waals surface area contributed by atoms with Crippen LogP contribution in [-0.2, 0) is 0 Å². The monoisotopic (exact) mass is 321 g/mol. The Morgan fingerprint density at radius 3 is 2.79 bits per heavy atom. The van der Waals surface area contributed by atoms with Gasteiger partial charge in [-0.1, -0.05) is 0 Å². The number of imidazole rings is 1. The van der Waals surface area contributed by atoms with E-state index in [0.29, 0.717) is 0 Å². The minimum Gasteiger partial charge on any atom is -0.346 e. The number of hydrogen-bond acceptors (Lipinski definition) is 6. The lowest BCUT2D eigenvalue weighted by molar-refractivity contribution is 0.656. The molecule has 1 aliphatic heterocycles. The summed E-state index contributed by atoms with van der Waals surface area (Å²) in [6.07, 6.45) is 7.27. The van der Waals surface area contributed by atoms with Crippen LogP contribution in [0.4, 0.5) is 5.82 Å². The van der Waals surface area contributed by atoms with Gasteiger partial charge in [0.1, 0.15) is 17.8 Å². The summed E-state index contributed by atoms with van der Waals surface area (Å²) in [7, 11) is 0. The molecule has 0 unspecified atom stereocenters. The van der Waals surface area contributed by atoms with Crippen molar-refractivity contribution in [3.8, 4) is 11.5 Å². The van der Waals surface area contributed by atoms with E-state index in [1.807, 2.05) is 26.0 Å². The van der Waals surface area contributed by atoms with Gasteiger partial charge in [-0.15, -0.1) is 0 Å². The van der Waals surface area contributed by atoms with Gasteiger partial charge >= 0.3 is 0 Å². The van der Waals surface area contributed by atoms with Crippen LogP contribution in [0.2, 0.25) is 0 Å². The first-order valence-corrected chi connectivity index (χ1v) is 8.11. The van der Waals surface area contributed by atoms with Gasteiger partial charge < -0.3 is 9.88 Å². The molecule has 24 heavy (non-hydrogen) atoms. The molecule has 1 fully saturated rings. The highest BCUT2D eigenvalue weighted by molar-refractivity contribution is 5.50. The Balaban J connectivity index is 1.72. The second-order valence-corrected chi connectivity index (χ2v) is 6.06. The number of aromatic nitrogens is 6. The summed E-state index contributed by atoms with van der Waals surface area (Å²) in [6.45, 7) is 4.93. The van der Waals surface area contributed by atoms with Crippen LogP contribution in [-0.4, -0.2) is 36.4 Å². The smallest absolute Gasteiger partial charge is 0.156 e. The van der Waals surface area contributed by atoms with Gasteiger partial charge in [0, 0.05) is 36.4 Å². The summed E-state index contributed by atoms with van der Waals surface area (Å²) >= 11 is 0. The fraction of sp³-hybridized carbons (Fsp3) is 0.353. The van der Waals surface area contributed by atoms with E-state index in [9.17, 15) is 0 Å². The van der Waals surface area contributed by atoms with E-state index in [0.717, 1.165) is 53.9 Å². The average molecular weight is 321 g/mol. The van der Waals surface area contributed by atoms with Crippen LogP contribution in [0.1, 0.15) is 36.1 Å². The summed E-state index contributed by atoms with van der Waals surface area (Å²) < 4.78 is 0. The topological polar surface area (TPSA) is 83.5 Å². The van der Waals surface area contributed by atoms with Crippen molar-refractivity contribution in [3.63, 3.8) is 0 Å². The Kier molecular flexibility index (Phi) is 3.68. The maximum Gasteiger partial charge on any atom is 0.156 e. The second kappa shape index (κ2) is 5.99. The molecule has 0 spiro atoms. The number of aryl methyl sites for hydroxylation is 2. The highest BCUT2D eigenvalue weighted by Gasteiger charge is 2.30. The molecule has 1 N–H and O–H groups in total. The molecule has 3 aromatic rings. The van der Waals surface area contributed by atoms with Gasteiger partial charge in [0.2, 0.25) is 0 Å². The summed E-state index contributed by atoms with van der Waals surface area (Å²) in [5.74, 6) is 2.54. The summed E-state index contributed by atoms with van der Waals surface area (Å²) in [5, 5.41) is 0. The van der Waals surface area contributed by atoms with E-state index in [-0.39, 0.29) is 6.04 Å². The summed E-state index contributed by atoms with van der Waals surface area (Å²) in [5.41, 5.74) is 2.73. The fourth-order valence-electron chi connectivity index (χ4n) is 3.17. The molecule has 1 aliphatic rings. The van der Waals surface area contributed by atoms with Gasteiger partial charge in [-0.25, -0.2) is 24.9 Å². The van der Waals surface area contributed by atoms with Gasteiger partial charge in [0.25, 0.3) is 0 Å². The average Bonchev–Trinajstić information content (AvgIpc) is 3.26. The molecule has 4 rings (SSSR count). The first kappa shape index (κ1) is 14.7. The number of nitrogens with one attached hydrogen (secondary N) is 1. The first-order chi connectivity index (χ1) is 11.7. The van der Waals surface area contributed by atoms with Crippen LogP contribution >= 0.6 is 0 Å². The lowest BCUT2D eigenvalue weighted by Gasteiger charge is -2.25. The molecule has 0 radical (unpaired) electrons. The predicted octanol–water partition coefficient (Wildman–Crippen LogP) is 2.62. The molecule has 1 saturated heterocycles. The molecular weight excluding hydrogens is 302 g/mol. The van der Waals surface area contributed by atoms with Crippen LogP contribution in [0.3, 0.4) is 0 Å². The number of H-pyrrole nitrogens is 1. The van der Waals surface area contributed by atoms with Crippen molar-refractivity contribution >= 4 is 5.82 Å². The van der Waals surface area contributed by atoms with Crippen molar-refractivity contribution in [1.29, 1.82) is 0 Å². The molecule has 0 amide bonds. The van der Waals surface area contributed by atoms with Crippen molar-refractivity contribution < 1.29 is 0 Å². The Hall–Kier alpha value is -2.83.